The maximum atomic E-state index is 12.4. The summed E-state index contributed by atoms with van der Waals surface area (Å²) in [6.45, 7) is 5.42. The van der Waals surface area contributed by atoms with Gasteiger partial charge in [-0.2, -0.15) is 5.10 Å². The minimum absolute atomic E-state index is 0.142. The number of carbonyl (C=O) groups is 2. The molecule has 2 aromatic heterocycles. The van der Waals surface area contributed by atoms with E-state index in [0.29, 0.717) is 4.88 Å². The molecule has 1 saturated heterocycles. The van der Waals surface area contributed by atoms with E-state index in [1.54, 1.807) is 11.6 Å². The molecule has 2 atom stereocenters. The second kappa shape index (κ2) is 6.90. The summed E-state index contributed by atoms with van der Waals surface area (Å²) in [6.07, 6.45) is 2.03. The summed E-state index contributed by atoms with van der Waals surface area (Å²) >= 11 is 1.39. The first kappa shape index (κ1) is 16.9. The van der Waals surface area contributed by atoms with Crippen molar-refractivity contribution in [1.29, 1.82) is 0 Å². The number of carbonyl (C=O) groups excluding carboxylic acids is 2. The normalized spacial score (nSPS) is 19.2. The van der Waals surface area contributed by atoms with Crippen molar-refractivity contribution in [2.45, 2.75) is 38.8 Å². The third-order valence-electron chi connectivity index (χ3n) is 4.30. The molecular weight excluding hydrogens is 326 g/mol. The molecule has 1 fully saturated rings. The van der Waals surface area contributed by atoms with Gasteiger partial charge in [-0.25, -0.2) is 0 Å². The van der Waals surface area contributed by atoms with Crippen LogP contribution in [0.25, 0.3) is 10.2 Å². The molecule has 2 aromatic rings. The molecule has 0 bridgehead atoms. The summed E-state index contributed by atoms with van der Waals surface area (Å²) < 4.78 is 1.78. The van der Waals surface area contributed by atoms with Gasteiger partial charge < -0.3 is 16.0 Å². The Morgan fingerprint density at radius 3 is 2.96 bits per heavy atom. The van der Waals surface area contributed by atoms with Gasteiger partial charge in [-0.15, -0.1) is 11.3 Å². The molecule has 3 heterocycles. The van der Waals surface area contributed by atoms with Crippen LogP contribution in [0.15, 0.2) is 6.07 Å². The number of rotatable bonds is 4. The van der Waals surface area contributed by atoms with E-state index in [1.165, 1.54) is 11.3 Å². The molecule has 24 heavy (non-hydrogen) atoms. The Morgan fingerprint density at radius 1 is 1.50 bits per heavy atom. The first-order valence-corrected chi connectivity index (χ1v) is 9.02. The van der Waals surface area contributed by atoms with Gasteiger partial charge in [0, 0.05) is 25.0 Å². The SMILES string of the molecule is Cc1nn(C)c2sc(C(=O)NC(C)C(=O)NC3CCCNC3)cc12. The lowest BCUT2D eigenvalue weighted by atomic mass is 10.1. The van der Waals surface area contributed by atoms with E-state index in [0.717, 1.165) is 41.8 Å². The fourth-order valence-corrected chi connectivity index (χ4v) is 3.98. The third kappa shape index (κ3) is 3.44. The molecule has 0 aliphatic carbocycles. The Morgan fingerprint density at radius 2 is 2.29 bits per heavy atom. The zero-order valence-electron chi connectivity index (χ0n) is 14.2. The second-order valence-corrected chi connectivity index (χ2v) is 7.32. The fourth-order valence-electron chi connectivity index (χ4n) is 2.95. The molecule has 130 valence electrons. The number of aryl methyl sites for hydroxylation is 2. The molecule has 2 amide bonds. The minimum atomic E-state index is -0.566. The smallest absolute Gasteiger partial charge is 0.262 e. The Bertz CT molecular complexity index is 725. The molecule has 1 aliphatic rings. The number of thiophene rings is 1. The van der Waals surface area contributed by atoms with Crippen molar-refractivity contribution in [3.8, 4) is 0 Å². The van der Waals surface area contributed by atoms with Gasteiger partial charge in [0.25, 0.3) is 5.91 Å². The van der Waals surface area contributed by atoms with E-state index < -0.39 is 6.04 Å². The zero-order valence-corrected chi connectivity index (χ0v) is 15.0. The van der Waals surface area contributed by atoms with Crippen molar-refractivity contribution in [2.75, 3.05) is 13.1 Å². The highest BCUT2D eigenvalue weighted by Gasteiger charge is 2.22. The number of amides is 2. The summed E-state index contributed by atoms with van der Waals surface area (Å²) in [5, 5.41) is 14.3. The van der Waals surface area contributed by atoms with Crippen LogP contribution < -0.4 is 16.0 Å². The van der Waals surface area contributed by atoms with Crippen molar-refractivity contribution < 1.29 is 9.59 Å². The van der Waals surface area contributed by atoms with Gasteiger partial charge in [0.05, 0.1) is 10.6 Å². The van der Waals surface area contributed by atoms with Crippen molar-refractivity contribution >= 4 is 33.4 Å². The van der Waals surface area contributed by atoms with Gasteiger partial charge in [-0.3, -0.25) is 14.3 Å². The summed E-state index contributed by atoms with van der Waals surface area (Å²) in [7, 11) is 1.86. The first-order chi connectivity index (χ1) is 11.5. The maximum Gasteiger partial charge on any atom is 0.262 e. The van der Waals surface area contributed by atoms with Crippen LogP contribution >= 0.6 is 11.3 Å². The lowest BCUT2D eigenvalue weighted by Gasteiger charge is -2.25. The highest BCUT2D eigenvalue weighted by Crippen LogP contribution is 2.27. The lowest BCUT2D eigenvalue weighted by Crippen LogP contribution is -2.52. The summed E-state index contributed by atoms with van der Waals surface area (Å²) in [5.74, 6) is -0.365. The van der Waals surface area contributed by atoms with Gasteiger partial charge in [-0.05, 0) is 39.3 Å². The molecule has 1 aliphatic heterocycles. The number of hydrogen-bond donors (Lipinski definition) is 3. The largest absolute Gasteiger partial charge is 0.350 e. The Labute approximate surface area is 144 Å². The van der Waals surface area contributed by atoms with Gasteiger partial charge in [0.2, 0.25) is 5.91 Å². The first-order valence-electron chi connectivity index (χ1n) is 8.21. The lowest BCUT2D eigenvalue weighted by molar-refractivity contribution is -0.123. The van der Waals surface area contributed by atoms with Crippen molar-refractivity contribution in [3.63, 3.8) is 0 Å². The molecule has 2 unspecified atom stereocenters. The molecule has 0 spiro atoms. The molecule has 3 rings (SSSR count). The van der Waals surface area contributed by atoms with Gasteiger partial charge in [-0.1, -0.05) is 0 Å². The third-order valence-corrected chi connectivity index (χ3v) is 5.50. The maximum absolute atomic E-state index is 12.4. The number of aromatic nitrogens is 2. The minimum Gasteiger partial charge on any atom is -0.350 e. The molecule has 8 heteroatoms. The monoisotopic (exact) mass is 349 g/mol. The quantitative estimate of drug-likeness (QED) is 0.766. The number of nitrogens with zero attached hydrogens (tertiary/aromatic N) is 2. The van der Waals surface area contributed by atoms with Crippen LogP contribution in [-0.2, 0) is 11.8 Å². The van der Waals surface area contributed by atoms with Crippen LogP contribution in [0.4, 0.5) is 0 Å². The van der Waals surface area contributed by atoms with Crippen LogP contribution in [0.5, 0.6) is 0 Å². The Kier molecular flexibility index (Phi) is 4.86. The van der Waals surface area contributed by atoms with Crippen molar-refractivity contribution in [1.82, 2.24) is 25.7 Å². The van der Waals surface area contributed by atoms with Gasteiger partial charge in [0.1, 0.15) is 10.9 Å². The fraction of sp³-hybridized carbons (Fsp3) is 0.562. The van der Waals surface area contributed by atoms with Gasteiger partial charge in [0.15, 0.2) is 0 Å². The van der Waals surface area contributed by atoms with E-state index in [-0.39, 0.29) is 17.9 Å². The Balaban J connectivity index is 1.62. The number of nitrogens with one attached hydrogen (secondary N) is 3. The Hall–Kier alpha value is -1.93. The summed E-state index contributed by atoms with van der Waals surface area (Å²) in [6, 6.07) is 1.42. The molecular formula is C16H23N5O2S. The van der Waals surface area contributed by atoms with Crippen LogP contribution in [0, 0.1) is 6.92 Å². The van der Waals surface area contributed by atoms with E-state index in [4.69, 9.17) is 0 Å². The summed E-state index contributed by atoms with van der Waals surface area (Å²) in [5.41, 5.74) is 0.901. The van der Waals surface area contributed by atoms with Gasteiger partial charge >= 0.3 is 0 Å². The van der Waals surface area contributed by atoms with E-state index in [9.17, 15) is 9.59 Å². The number of hydrogen-bond acceptors (Lipinski definition) is 5. The van der Waals surface area contributed by atoms with E-state index in [1.807, 2.05) is 20.0 Å². The van der Waals surface area contributed by atoms with Crippen molar-refractivity contribution in [3.05, 3.63) is 16.6 Å². The van der Waals surface area contributed by atoms with Crippen molar-refractivity contribution in [2.24, 2.45) is 7.05 Å². The molecule has 7 nitrogen and oxygen atoms in total. The summed E-state index contributed by atoms with van der Waals surface area (Å²) in [4.78, 5) is 26.2. The molecule has 3 N–H and O–H groups in total. The second-order valence-electron chi connectivity index (χ2n) is 6.29. The average Bonchev–Trinajstić information content (AvgIpc) is 3.10. The molecule has 0 radical (unpaired) electrons. The van der Waals surface area contributed by atoms with Crippen LogP contribution in [-0.4, -0.2) is 46.8 Å². The number of piperidine rings is 1. The highest BCUT2D eigenvalue weighted by molar-refractivity contribution is 7.20. The average molecular weight is 349 g/mol. The molecule has 0 aromatic carbocycles. The standard InChI is InChI=1S/C16H23N5O2S/c1-9-12-7-13(24-16(12)21(3)20-9)15(23)18-10(2)14(22)19-11-5-4-6-17-8-11/h7,10-11,17H,4-6,8H2,1-3H3,(H,18,23)(H,19,22). The van der Waals surface area contributed by atoms with E-state index in [2.05, 4.69) is 21.0 Å². The van der Waals surface area contributed by atoms with E-state index >= 15 is 0 Å². The zero-order chi connectivity index (χ0) is 17.3. The highest BCUT2D eigenvalue weighted by atomic mass is 32.1. The topological polar surface area (TPSA) is 88.0 Å². The predicted molar refractivity (Wildman–Crippen MR) is 94.3 cm³/mol. The number of fused-ring (bicyclic) bond motifs is 1. The molecule has 0 saturated carbocycles. The predicted octanol–water partition coefficient (Wildman–Crippen LogP) is 0.930. The van der Waals surface area contributed by atoms with Crippen LogP contribution in [0.2, 0.25) is 0 Å². The van der Waals surface area contributed by atoms with Crippen LogP contribution in [0.3, 0.4) is 0 Å². The van der Waals surface area contributed by atoms with Crippen LogP contribution in [0.1, 0.15) is 35.1 Å².